The highest BCUT2D eigenvalue weighted by molar-refractivity contribution is 7.85. The second-order valence-corrected chi connectivity index (χ2v) is 11.5. The fraction of sp³-hybridized carbons (Fsp3) is 0.696. The first-order valence-electron chi connectivity index (χ1n) is 12.0. The second kappa shape index (κ2) is 9.48. The normalized spacial score (nSPS) is 25.0. The molecular formula is C23H33FN4O4S. The molecule has 0 radical (unpaired) electrons. The van der Waals surface area contributed by atoms with E-state index in [1.165, 1.54) is 18.9 Å². The van der Waals surface area contributed by atoms with Crippen LogP contribution >= 0.6 is 0 Å². The number of hydrogen-bond acceptors (Lipinski definition) is 6. The molecule has 4 aliphatic rings. The van der Waals surface area contributed by atoms with Crippen LogP contribution in [-0.4, -0.2) is 81.2 Å². The van der Waals surface area contributed by atoms with Gasteiger partial charge < -0.3 is 14.5 Å². The van der Waals surface area contributed by atoms with Gasteiger partial charge in [0, 0.05) is 57.1 Å². The molecule has 2 aliphatic heterocycles. The number of hydroxylamine groups is 1. The molecule has 2 heterocycles. The summed E-state index contributed by atoms with van der Waals surface area (Å²) < 4.78 is 34.4. The van der Waals surface area contributed by atoms with Gasteiger partial charge in [-0.1, -0.05) is 0 Å². The van der Waals surface area contributed by atoms with Crippen LogP contribution in [-0.2, 0) is 15.8 Å². The quantitative estimate of drug-likeness (QED) is 0.437. The number of piperidine rings is 1. The summed E-state index contributed by atoms with van der Waals surface area (Å²) in [4.78, 5) is 17.1. The van der Waals surface area contributed by atoms with Gasteiger partial charge in [0.1, 0.15) is 15.7 Å². The van der Waals surface area contributed by atoms with Crippen molar-refractivity contribution in [3.8, 4) is 5.75 Å². The van der Waals surface area contributed by atoms with Crippen LogP contribution in [0.1, 0.15) is 38.5 Å². The molecule has 8 nitrogen and oxygen atoms in total. The maximum Gasteiger partial charge on any atom is 0.263 e. The fourth-order valence-electron chi connectivity index (χ4n) is 4.93. The lowest BCUT2D eigenvalue weighted by Crippen LogP contribution is -2.61. The van der Waals surface area contributed by atoms with Crippen LogP contribution in [0.15, 0.2) is 18.2 Å². The summed E-state index contributed by atoms with van der Waals surface area (Å²) in [6.07, 6.45) is 5.64. The van der Waals surface area contributed by atoms with E-state index in [1.54, 1.807) is 11.5 Å². The number of halogens is 1. The van der Waals surface area contributed by atoms with Crippen LogP contribution in [0.5, 0.6) is 5.75 Å². The van der Waals surface area contributed by atoms with Gasteiger partial charge in [-0.05, 0) is 56.6 Å². The third-order valence-corrected chi connectivity index (χ3v) is 9.54. The molecule has 2 saturated carbocycles. The lowest BCUT2D eigenvalue weighted by molar-refractivity contribution is -0.133. The third kappa shape index (κ3) is 4.89. The van der Waals surface area contributed by atoms with Crippen molar-refractivity contribution in [3.05, 3.63) is 24.0 Å². The maximum absolute atomic E-state index is 14.5. The molecule has 1 unspecified atom stereocenters. The van der Waals surface area contributed by atoms with Gasteiger partial charge in [-0.25, -0.2) is 18.4 Å². The molecule has 1 aromatic rings. The van der Waals surface area contributed by atoms with Crippen molar-refractivity contribution in [1.29, 1.82) is 0 Å². The molecule has 0 bridgehead atoms. The van der Waals surface area contributed by atoms with Crippen LogP contribution < -0.4 is 15.1 Å². The van der Waals surface area contributed by atoms with Gasteiger partial charge in [-0.3, -0.25) is 10.0 Å². The standard InChI is InChI=1S/C23H33FN4O4S/c24-20-15-19(5-6-21(20)32-16-17-1-2-17)27-11-13-28(14-12-27)33(31)23(22(29)25-30)7-9-26(10-8-23)18-3-4-18/h5-6,15,17-18,30H,1-4,7-14,16H2,(H,25,29). The average molecular weight is 481 g/mol. The van der Waals surface area contributed by atoms with Crippen molar-refractivity contribution in [2.45, 2.75) is 49.3 Å². The number of amides is 1. The van der Waals surface area contributed by atoms with E-state index in [0.717, 1.165) is 31.6 Å². The topological polar surface area (TPSA) is 85.3 Å². The number of anilines is 1. The van der Waals surface area contributed by atoms with E-state index in [1.807, 2.05) is 10.4 Å². The fourth-order valence-corrected chi connectivity index (χ4v) is 6.65. The molecule has 2 aliphatic carbocycles. The Morgan fingerprint density at radius 1 is 1.12 bits per heavy atom. The molecule has 1 amide bonds. The number of ether oxygens (including phenoxy) is 1. The summed E-state index contributed by atoms with van der Waals surface area (Å²) in [6, 6.07) is 5.66. The first kappa shape index (κ1) is 23.0. The van der Waals surface area contributed by atoms with Crippen LogP contribution in [0.25, 0.3) is 0 Å². The zero-order valence-electron chi connectivity index (χ0n) is 18.9. The number of carbonyl (C=O) groups is 1. The smallest absolute Gasteiger partial charge is 0.263 e. The van der Waals surface area contributed by atoms with Crippen LogP contribution in [0.4, 0.5) is 10.1 Å². The Balaban J connectivity index is 1.20. The van der Waals surface area contributed by atoms with Gasteiger partial charge in [-0.15, -0.1) is 0 Å². The van der Waals surface area contributed by atoms with Gasteiger partial charge in [0.05, 0.1) is 6.61 Å². The third-order valence-electron chi connectivity index (χ3n) is 7.44. The largest absolute Gasteiger partial charge is 0.490 e. The van der Waals surface area contributed by atoms with Crippen molar-refractivity contribution in [3.63, 3.8) is 0 Å². The molecule has 4 fully saturated rings. The highest BCUT2D eigenvalue weighted by Gasteiger charge is 2.50. The number of carbonyl (C=O) groups excluding carboxylic acids is 1. The Morgan fingerprint density at radius 2 is 1.82 bits per heavy atom. The number of benzene rings is 1. The Bertz CT molecular complexity index is 894. The van der Waals surface area contributed by atoms with Crippen LogP contribution in [0, 0.1) is 11.7 Å². The molecule has 2 saturated heterocycles. The van der Waals surface area contributed by atoms with Crippen molar-refractivity contribution in [2.24, 2.45) is 5.92 Å². The van der Waals surface area contributed by atoms with Crippen molar-refractivity contribution < 1.29 is 23.3 Å². The zero-order chi connectivity index (χ0) is 23.0. The molecule has 5 rings (SSSR count). The number of hydrogen-bond donors (Lipinski definition) is 2. The zero-order valence-corrected chi connectivity index (χ0v) is 19.7. The molecule has 0 aromatic heterocycles. The van der Waals surface area contributed by atoms with Gasteiger partial charge in [-0.2, -0.15) is 0 Å². The Hall–Kier alpha value is -1.75. The number of nitrogens with one attached hydrogen (secondary N) is 1. The molecule has 1 atom stereocenters. The van der Waals surface area contributed by atoms with Gasteiger partial charge in [0.15, 0.2) is 11.6 Å². The molecule has 1 aromatic carbocycles. The minimum absolute atomic E-state index is 0.292. The van der Waals surface area contributed by atoms with Gasteiger partial charge >= 0.3 is 0 Å². The minimum Gasteiger partial charge on any atom is -0.490 e. The van der Waals surface area contributed by atoms with E-state index >= 15 is 0 Å². The van der Waals surface area contributed by atoms with Gasteiger partial charge in [0.25, 0.3) is 5.91 Å². The Labute approximate surface area is 196 Å². The number of rotatable bonds is 8. The van der Waals surface area contributed by atoms with Crippen molar-refractivity contribution >= 4 is 22.6 Å². The van der Waals surface area contributed by atoms with E-state index in [9.17, 15) is 18.6 Å². The number of nitrogens with zero attached hydrogens (tertiary/aromatic N) is 3. The number of piperazine rings is 1. The highest BCUT2D eigenvalue weighted by atomic mass is 32.2. The summed E-state index contributed by atoms with van der Waals surface area (Å²) in [5.41, 5.74) is 2.56. The lowest BCUT2D eigenvalue weighted by atomic mass is 9.95. The molecular weight excluding hydrogens is 447 g/mol. The van der Waals surface area contributed by atoms with Crippen LogP contribution in [0.2, 0.25) is 0 Å². The summed E-state index contributed by atoms with van der Waals surface area (Å²) in [5, 5.41) is 9.38. The summed E-state index contributed by atoms with van der Waals surface area (Å²) in [7, 11) is -1.56. The van der Waals surface area contributed by atoms with E-state index in [-0.39, 0.29) is 5.82 Å². The Kier molecular flexibility index (Phi) is 6.61. The van der Waals surface area contributed by atoms with E-state index in [0.29, 0.717) is 63.3 Å². The first-order valence-corrected chi connectivity index (χ1v) is 13.1. The van der Waals surface area contributed by atoms with Gasteiger partial charge in [0.2, 0.25) is 0 Å². The maximum atomic E-state index is 14.5. The SMILES string of the molecule is O=C(NO)C1(S(=O)N2CCN(c3ccc(OCC4CC4)c(F)c3)CC2)CCN(C2CC2)CC1. The second-order valence-electron chi connectivity index (χ2n) is 9.74. The van der Waals surface area contributed by atoms with Crippen molar-refractivity contribution in [2.75, 3.05) is 50.8 Å². The first-order chi connectivity index (χ1) is 16.0. The van der Waals surface area contributed by atoms with E-state index in [2.05, 4.69) is 9.80 Å². The highest BCUT2D eigenvalue weighted by Crippen LogP contribution is 2.37. The predicted octanol–water partition coefficient (Wildman–Crippen LogP) is 1.90. The average Bonchev–Trinajstić information content (AvgIpc) is 3.77. The molecule has 182 valence electrons. The molecule has 33 heavy (non-hydrogen) atoms. The minimum atomic E-state index is -1.56. The summed E-state index contributed by atoms with van der Waals surface area (Å²) >= 11 is 0. The summed E-state index contributed by atoms with van der Waals surface area (Å²) in [6.45, 7) is 4.18. The molecule has 10 heteroatoms. The van der Waals surface area contributed by atoms with E-state index in [4.69, 9.17) is 4.74 Å². The summed E-state index contributed by atoms with van der Waals surface area (Å²) in [5.74, 6) is -0.0576. The molecule has 2 N–H and O–H groups in total. The van der Waals surface area contributed by atoms with Crippen LogP contribution in [0.3, 0.4) is 0 Å². The predicted molar refractivity (Wildman–Crippen MR) is 123 cm³/mol. The number of likely N-dealkylation sites (tertiary alicyclic amines) is 1. The van der Waals surface area contributed by atoms with Crippen molar-refractivity contribution in [1.82, 2.24) is 14.7 Å². The monoisotopic (exact) mass is 480 g/mol. The van der Waals surface area contributed by atoms with E-state index < -0.39 is 21.6 Å². The lowest BCUT2D eigenvalue weighted by Gasteiger charge is -2.43. The molecule has 0 spiro atoms. The Morgan fingerprint density at radius 3 is 2.39 bits per heavy atom.